The average Bonchev–Trinajstić information content (AvgIpc) is 2.69. The maximum Gasteiger partial charge on any atom is 0.0708 e. The van der Waals surface area contributed by atoms with E-state index in [0.717, 1.165) is 44.8 Å². The van der Waals surface area contributed by atoms with Gasteiger partial charge in [-0.15, -0.1) is 0 Å². The van der Waals surface area contributed by atoms with Crippen LogP contribution < -0.4 is 0 Å². The third-order valence-corrected chi connectivity index (χ3v) is 6.03. The third-order valence-electron chi connectivity index (χ3n) is 6.03. The fourth-order valence-electron chi connectivity index (χ4n) is 4.88. The van der Waals surface area contributed by atoms with E-state index in [1.54, 1.807) is 0 Å². The minimum absolute atomic E-state index is 0.211. The molecule has 0 bridgehead atoms. The summed E-state index contributed by atoms with van der Waals surface area (Å²) in [6, 6.07) is 0. The molecule has 3 aliphatic rings. The van der Waals surface area contributed by atoms with Crippen LogP contribution in [0, 0.1) is 11.3 Å². The summed E-state index contributed by atoms with van der Waals surface area (Å²) in [6.45, 7) is 1.74. The first kappa shape index (κ1) is 12.9. The van der Waals surface area contributed by atoms with E-state index in [0.29, 0.717) is 0 Å². The van der Waals surface area contributed by atoms with E-state index < -0.39 is 0 Å². The molecule has 1 unspecified atom stereocenters. The SMILES string of the molecule is OC1(CC2CCCCC2)CCCC12CCOCC2. The molecule has 0 aromatic rings. The largest absolute Gasteiger partial charge is 0.389 e. The summed E-state index contributed by atoms with van der Waals surface area (Å²) in [5.74, 6) is 0.793. The molecule has 18 heavy (non-hydrogen) atoms. The smallest absolute Gasteiger partial charge is 0.0708 e. The first-order valence-electron chi connectivity index (χ1n) is 8.04. The Morgan fingerprint density at radius 1 is 0.889 bits per heavy atom. The molecular weight excluding hydrogens is 224 g/mol. The summed E-state index contributed by atoms with van der Waals surface area (Å²) in [5, 5.41) is 11.3. The minimum atomic E-state index is -0.362. The third kappa shape index (κ3) is 2.22. The van der Waals surface area contributed by atoms with Crippen LogP contribution in [0.5, 0.6) is 0 Å². The Balaban J connectivity index is 1.70. The maximum absolute atomic E-state index is 11.3. The maximum atomic E-state index is 11.3. The highest BCUT2D eigenvalue weighted by atomic mass is 16.5. The van der Waals surface area contributed by atoms with Gasteiger partial charge in [0.25, 0.3) is 0 Å². The molecule has 2 aliphatic carbocycles. The first-order valence-corrected chi connectivity index (χ1v) is 8.04. The van der Waals surface area contributed by atoms with E-state index in [1.165, 1.54) is 44.9 Å². The molecule has 0 aromatic heterocycles. The summed E-state index contributed by atoms with van der Waals surface area (Å²) in [7, 11) is 0. The molecule has 1 spiro atoms. The van der Waals surface area contributed by atoms with Crippen LogP contribution in [0.1, 0.15) is 70.6 Å². The molecule has 2 nitrogen and oxygen atoms in total. The van der Waals surface area contributed by atoms with Gasteiger partial charge in [0.05, 0.1) is 5.60 Å². The fourth-order valence-corrected chi connectivity index (χ4v) is 4.88. The Morgan fingerprint density at radius 3 is 2.33 bits per heavy atom. The number of aliphatic hydroxyl groups is 1. The average molecular weight is 252 g/mol. The van der Waals surface area contributed by atoms with Crippen LogP contribution in [0.15, 0.2) is 0 Å². The van der Waals surface area contributed by atoms with Gasteiger partial charge in [-0.25, -0.2) is 0 Å². The molecule has 2 saturated carbocycles. The van der Waals surface area contributed by atoms with Crippen LogP contribution in [0.25, 0.3) is 0 Å². The molecule has 1 atom stereocenters. The molecular formula is C16H28O2. The van der Waals surface area contributed by atoms with Crippen molar-refractivity contribution < 1.29 is 9.84 Å². The summed E-state index contributed by atoms with van der Waals surface area (Å²) < 4.78 is 5.53. The van der Waals surface area contributed by atoms with Crippen molar-refractivity contribution in [3.05, 3.63) is 0 Å². The van der Waals surface area contributed by atoms with Crippen molar-refractivity contribution in [3.63, 3.8) is 0 Å². The van der Waals surface area contributed by atoms with Crippen LogP contribution >= 0.6 is 0 Å². The van der Waals surface area contributed by atoms with E-state index in [-0.39, 0.29) is 11.0 Å². The molecule has 2 heteroatoms. The van der Waals surface area contributed by atoms with Gasteiger partial charge >= 0.3 is 0 Å². The van der Waals surface area contributed by atoms with Crippen molar-refractivity contribution in [1.82, 2.24) is 0 Å². The summed E-state index contributed by atoms with van der Waals surface area (Å²) in [4.78, 5) is 0. The molecule has 3 fully saturated rings. The Kier molecular flexibility index (Phi) is 3.68. The summed E-state index contributed by atoms with van der Waals surface area (Å²) >= 11 is 0. The topological polar surface area (TPSA) is 29.5 Å². The number of ether oxygens (including phenoxy) is 1. The monoisotopic (exact) mass is 252 g/mol. The highest BCUT2D eigenvalue weighted by molar-refractivity contribution is 5.05. The summed E-state index contributed by atoms with van der Waals surface area (Å²) in [5.41, 5.74) is -0.151. The predicted molar refractivity (Wildman–Crippen MR) is 72.5 cm³/mol. The first-order chi connectivity index (χ1) is 8.74. The highest BCUT2D eigenvalue weighted by Crippen LogP contribution is 2.55. The van der Waals surface area contributed by atoms with E-state index >= 15 is 0 Å². The number of rotatable bonds is 2. The van der Waals surface area contributed by atoms with Gasteiger partial charge < -0.3 is 9.84 Å². The van der Waals surface area contributed by atoms with Crippen LogP contribution in [0.4, 0.5) is 0 Å². The Labute approximate surface area is 111 Å². The van der Waals surface area contributed by atoms with Crippen molar-refractivity contribution in [3.8, 4) is 0 Å². The second-order valence-corrected chi connectivity index (χ2v) is 6.99. The quantitative estimate of drug-likeness (QED) is 0.812. The van der Waals surface area contributed by atoms with Gasteiger partial charge in [-0.1, -0.05) is 32.1 Å². The Bertz CT molecular complexity index is 277. The lowest BCUT2D eigenvalue weighted by atomic mass is 9.64. The van der Waals surface area contributed by atoms with Gasteiger partial charge in [0.15, 0.2) is 0 Å². The zero-order valence-electron chi connectivity index (χ0n) is 11.6. The van der Waals surface area contributed by atoms with Gasteiger partial charge in [-0.2, -0.15) is 0 Å². The molecule has 0 aromatic carbocycles. The Hall–Kier alpha value is -0.0800. The van der Waals surface area contributed by atoms with Crippen molar-refractivity contribution >= 4 is 0 Å². The molecule has 0 amide bonds. The van der Waals surface area contributed by atoms with Gasteiger partial charge in [0.2, 0.25) is 0 Å². The van der Waals surface area contributed by atoms with Crippen LogP contribution in [0.3, 0.4) is 0 Å². The number of hydrogen-bond donors (Lipinski definition) is 1. The van der Waals surface area contributed by atoms with Crippen molar-refractivity contribution in [2.45, 2.75) is 76.2 Å². The van der Waals surface area contributed by atoms with E-state index in [2.05, 4.69) is 0 Å². The van der Waals surface area contributed by atoms with Crippen molar-refractivity contribution in [1.29, 1.82) is 0 Å². The Morgan fingerprint density at radius 2 is 1.61 bits per heavy atom. The van der Waals surface area contributed by atoms with Gasteiger partial charge in [-0.3, -0.25) is 0 Å². The van der Waals surface area contributed by atoms with Crippen molar-refractivity contribution in [2.24, 2.45) is 11.3 Å². The predicted octanol–water partition coefficient (Wildman–Crippen LogP) is 3.67. The molecule has 1 saturated heterocycles. The highest BCUT2D eigenvalue weighted by Gasteiger charge is 2.54. The molecule has 1 heterocycles. The van der Waals surface area contributed by atoms with Crippen LogP contribution in [-0.2, 0) is 4.74 Å². The lowest BCUT2D eigenvalue weighted by molar-refractivity contribution is -0.126. The standard InChI is InChI=1S/C16H28O2/c17-16(13-14-5-2-1-3-6-14)8-4-7-15(16)9-11-18-12-10-15/h14,17H,1-13H2. The van der Waals surface area contributed by atoms with E-state index in [1.807, 2.05) is 0 Å². The lowest BCUT2D eigenvalue weighted by Crippen LogP contribution is -2.48. The molecule has 1 N–H and O–H groups in total. The van der Waals surface area contributed by atoms with E-state index in [9.17, 15) is 5.11 Å². The second kappa shape index (κ2) is 5.13. The molecule has 1 aliphatic heterocycles. The van der Waals surface area contributed by atoms with Gasteiger partial charge in [0.1, 0.15) is 0 Å². The van der Waals surface area contributed by atoms with Gasteiger partial charge in [0, 0.05) is 18.6 Å². The van der Waals surface area contributed by atoms with Crippen LogP contribution in [0.2, 0.25) is 0 Å². The second-order valence-electron chi connectivity index (χ2n) is 6.99. The number of hydrogen-bond acceptors (Lipinski definition) is 2. The fraction of sp³-hybridized carbons (Fsp3) is 1.00. The van der Waals surface area contributed by atoms with E-state index in [4.69, 9.17) is 4.74 Å². The minimum Gasteiger partial charge on any atom is -0.389 e. The normalized spacial score (nSPS) is 37.2. The zero-order chi connectivity index (χ0) is 12.5. The van der Waals surface area contributed by atoms with Crippen molar-refractivity contribution in [2.75, 3.05) is 13.2 Å². The molecule has 0 radical (unpaired) electrons. The van der Waals surface area contributed by atoms with Gasteiger partial charge in [-0.05, 0) is 44.4 Å². The zero-order valence-corrected chi connectivity index (χ0v) is 11.6. The van der Waals surface area contributed by atoms with Crippen LogP contribution in [-0.4, -0.2) is 23.9 Å². The lowest BCUT2D eigenvalue weighted by Gasteiger charge is -2.47. The molecule has 104 valence electrons. The summed E-state index contributed by atoms with van der Waals surface area (Å²) in [6.07, 6.45) is 13.7. The molecule has 3 rings (SSSR count).